The normalized spacial score (nSPS) is 22.1. The minimum absolute atomic E-state index is 0.0585. The maximum atomic E-state index is 13.3. The highest BCUT2D eigenvalue weighted by Gasteiger charge is 2.31. The van der Waals surface area contributed by atoms with Gasteiger partial charge in [-0.2, -0.15) is 0 Å². The van der Waals surface area contributed by atoms with E-state index in [-0.39, 0.29) is 17.5 Å². The van der Waals surface area contributed by atoms with Crippen LogP contribution in [-0.2, 0) is 10.1 Å². The second-order valence-electron chi connectivity index (χ2n) is 5.28. The SMILES string of the molecule is CC1(C)CCC(COc2cc(F)cc(CBr)c2)O1. The Morgan fingerprint density at radius 3 is 2.83 bits per heavy atom. The van der Waals surface area contributed by atoms with Crippen molar-refractivity contribution in [2.24, 2.45) is 0 Å². The van der Waals surface area contributed by atoms with Gasteiger partial charge in [-0.15, -0.1) is 0 Å². The molecule has 1 unspecified atom stereocenters. The molecule has 1 aliphatic rings. The Balaban J connectivity index is 1.92. The van der Waals surface area contributed by atoms with Crippen molar-refractivity contribution in [3.63, 3.8) is 0 Å². The fourth-order valence-corrected chi connectivity index (χ4v) is 2.49. The van der Waals surface area contributed by atoms with E-state index in [1.807, 2.05) is 6.07 Å². The van der Waals surface area contributed by atoms with Crippen molar-refractivity contribution in [1.82, 2.24) is 0 Å². The highest BCUT2D eigenvalue weighted by atomic mass is 79.9. The van der Waals surface area contributed by atoms with E-state index in [1.54, 1.807) is 0 Å². The van der Waals surface area contributed by atoms with Crippen molar-refractivity contribution >= 4 is 15.9 Å². The van der Waals surface area contributed by atoms with E-state index < -0.39 is 0 Å². The van der Waals surface area contributed by atoms with Crippen molar-refractivity contribution < 1.29 is 13.9 Å². The van der Waals surface area contributed by atoms with Crippen LogP contribution in [0.15, 0.2) is 18.2 Å². The lowest BCUT2D eigenvalue weighted by molar-refractivity contribution is -0.0327. The van der Waals surface area contributed by atoms with Crippen molar-refractivity contribution in [3.05, 3.63) is 29.6 Å². The summed E-state index contributed by atoms with van der Waals surface area (Å²) >= 11 is 3.31. The third-order valence-electron chi connectivity index (χ3n) is 3.08. The Hall–Kier alpha value is -0.610. The Morgan fingerprint density at radius 1 is 1.44 bits per heavy atom. The van der Waals surface area contributed by atoms with Crippen molar-refractivity contribution in [2.45, 2.75) is 43.7 Å². The van der Waals surface area contributed by atoms with Crippen LogP contribution in [0, 0.1) is 5.82 Å². The monoisotopic (exact) mass is 316 g/mol. The molecule has 0 N–H and O–H groups in total. The molecule has 0 radical (unpaired) electrons. The van der Waals surface area contributed by atoms with Gasteiger partial charge in [-0.05, 0) is 44.4 Å². The lowest BCUT2D eigenvalue weighted by atomic mass is 10.1. The molecule has 0 aromatic heterocycles. The molecule has 1 aliphatic heterocycles. The van der Waals surface area contributed by atoms with Gasteiger partial charge in [-0.25, -0.2) is 4.39 Å². The molecular formula is C14H18BrFO2. The third-order valence-corrected chi connectivity index (χ3v) is 3.72. The number of hydrogen-bond acceptors (Lipinski definition) is 2. The quantitative estimate of drug-likeness (QED) is 0.780. The average molecular weight is 317 g/mol. The fraction of sp³-hybridized carbons (Fsp3) is 0.571. The van der Waals surface area contributed by atoms with E-state index in [0.717, 1.165) is 18.4 Å². The van der Waals surface area contributed by atoms with Crippen molar-refractivity contribution in [3.8, 4) is 5.75 Å². The molecule has 0 saturated carbocycles. The summed E-state index contributed by atoms with van der Waals surface area (Å²) in [6.45, 7) is 4.64. The minimum atomic E-state index is -0.269. The number of hydrogen-bond donors (Lipinski definition) is 0. The van der Waals surface area contributed by atoms with Gasteiger partial charge in [0, 0.05) is 11.4 Å². The van der Waals surface area contributed by atoms with Crippen molar-refractivity contribution in [1.29, 1.82) is 0 Å². The third kappa shape index (κ3) is 3.69. The molecule has 2 rings (SSSR count). The molecular weight excluding hydrogens is 299 g/mol. The molecule has 1 saturated heterocycles. The molecule has 1 fully saturated rings. The topological polar surface area (TPSA) is 18.5 Å². The lowest BCUT2D eigenvalue weighted by Gasteiger charge is -2.19. The summed E-state index contributed by atoms with van der Waals surface area (Å²) in [5.41, 5.74) is 0.814. The van der Waals surface area contributed by atoms with E-state index in [1.165, 1.54) is 12.1 Å². The molecule has 0 aliphatic carbocycles. The fourth-order valence-electron chi connectivity index (χ4n) is 2.17. The second-order valence-corrected chi connectivity index (χ2v) is 5.84. The first-order chi connectivity index (χ1) is 8.48. The van der Waals surface area contributed by atoms with E-state index in [2.05, 4.69) is 29.8 Å². The van der Waals surface area contributed by atoms with Crippen LogP contribution in [0.4, 0.5) is 4.39 Å². The van der Waals surface area contributed by atoms with Gasteiger partial charge in [0.25, 0.3) is 0 Å². The highest BCUT2D eigenvalue weighted by molar-refractivity contribution is 9.08. The van der Waals surface area contributed by atoms with Crippen LogP contribution in [0.25, 0.3) is 0 Å². The molecule has 0 bridgehead atoms. The van der Waals surface area contributed by atoms with E-state index in [4.69, 9.17) is 9.47 Å². The zero-order valence-corrected chi connectivity index (χ0v) is 12.3. The van der Waals surface area contributed by atoms with Gasteiger partial charge in [-0.3, -0.25) is 0 Å². The van der Waals surface area contributed by atoms with Gasteiger partial charge in [0.15, 0.2) is 0 Å². The van der Waals surface area contributed by atoms with Crippen LogP contribution in [0.3, 0.4) is 0 Å². The number of rotatable bonds is 4. The number of halogens is 2. The highest BCUT2D eigenvalue weighted by Crippen LogP contribution is 2.29. The first kappa shape index (κ1) is 13.8. The van der Waals surface area contributed by atoms with E-state index in [9.17, 15) is 4.39 Å². The molecule has 1 heterocycles. The van der Waals surface area contributed by atoms with Crippen LogP contribution in [-0.4, -0.2) is 18.3 Å². The van der Waals surface area contributed by atoms with Gasteiger partial charge >= 0.3 is 0 Å². The van der Waals surface area contributed by atoms with Crippen LogP contribution in [0.5, 0.6) is 5.75 Å². The van der Waals surface area contributed by atoms with Crippen LogP contribution in [0.2, 0.25) is 0 Å². The van der Waals surface area contributed by atoms with E-state index in [0.29, 0.717) is 17.7 Å². The zero-order chi connectivity index (χ0) is 13.2. The standard InChI is InChI=1S/C14H18BrFO2/c1-14(2)4-3-12(18-14)9-17-13-6-10(8-15)5-11(16)7-13/h5-7,12H,3-4,8-9H2,1-2H3. The van der Waals surface area contributed by atoms with Gasteiger partial charge in [0.1, 0.15) is 18.2 Å². The second kappa shape index (κ2) is 5.57. The molecule has 1 aromatic carbocycles. The van der Waals surface area contributed by atoms with Crippen LogP contribution >= 0.6 is 15.9 Å². The number of benzene rings is 1. The summed E-state index contributed by atoms with van der Waals surface area (Å²) in [6, 6.07) is 4.75. The summed E-state index contributed by atoms with van der Waals surface area (Å²) in [5, 5.41) is 0.619. The Morgan fingerprint density at radius 2 is 2.22 bits per heavy atom. The summed E-state index contributed by atoms with van der Waals surface area (Å²) in [7, 11) is 0. The molecule has 1 atom stereocenters. The molecule has 4 heteroatoms. The molecule has 0 spiro atoms. The first-order valence-electron chi connectivity index (χ1n) is 6.14. The minimum Gasteiger partial charge on any atom is -0.491 e. The summed E-state index contributed by atoms with van der Waals surface area (Å²) in [5.74, 6) is 0.298. The maximum Gasteiger partial charge on any atom is 0.127 e. The number of alkyl halides is 1. The summed E-state index contributed by atoms with van der Waals surface area (Å²) in [6.07, 6.45) is 2.14. The van der Waals surface area contributed by atoms with Gasteiger partial charge in [0.05, 0.1) is 11.7 Å². The Kier molecular flexibility index (Phi) is 4.28. The largest absolute Gasteiger partial charge is 0.491 e. The van der Waals surface area contributed by atoms with Gasteiger partial charge in [-0.1, -0.05) is 15.9 Å². The smallest absolute Gasteiger partial charge is 0.127 e. The van der Waals surface area contributed by atoms with Gasteiger partial charge in [0.2, 0.25) is 0 Å². The van der Waals surface area contributed by atoms with E-state index >= 15 is 0 Å². The van der Waals surface area contributed by atoms with Crippen LogP contribution < -0.4 is 4.74 Å². The molecule has 0 amide bonds. The maximum absolute atomic E-state index is 13.3. The lowest BCUT2D eigenvalue weighted by Crippen LogP contribution is -2.23. The summed E-state index contributed by atoms with van der Waals surface area (Å²) < 4.78 is 24.8. The predicted molar refractivity (Wildman–Crippen MR) is 72.7 cm³/mol. The van der Waals surface area contributed by atoms with Crippen LogP contribution in [0.1, 0.15) is 32.3 Å². The summed E-state index contributed by atoms with van der Waals surface area (Å²) in [4.78, 5) is 0. The predicted octanol–water partition coefficient (Wildman–Crippen LogP) is 4.06. The zero-order valence-electron chi connectivity index (χ0n) is 10.7. The molecule has 2 nitrogen and oxygen atoms in total. The van der Waals surface area contributed by atoms with Crippen molar-refractivity contribution in [2.75, 3.05) is 6.61 Å². The van der Waals surface area contributed by atoms with Gasteiger partial charge < -0.3 is 9.47 Å². The molecule has 1 aromatic rings. The Labute approximate surface area is 116 Å². The average Bonchev–Trinajstić information content (AvgIpc) is 2.65. The first-order valence-corrected chi connectivity index (χ1v) is 7.27. The molecule has 18 heavy (non-hydrogen) atoms. The number of ether oxygens (including phenoxy) is 2. The molecule has 100 valence electrons. The Bertz CT molecular complexity index is 420.